The molecule has 1 aliphatic rings. The molecule has 192 valence electrons. The summed E-state index contributed by atoms with van der Waals surface area (Å²) in [5.74, 6) is 0.864. The van der Waals surface area contributed by atoms with Gasteiger partial charge in [-0.1, -0.05) is 12.1 Å². The van der Waals surface area contributed by atoms with E-state index in [2.05, 4.69) is 32.6 Å². The molecule has 1 aliphatic heterocycles. The summed E-state index contributed by atoms with van der Waals surface area (Å²) in [5.41, 5.74) is 4.64. The highest BCUT2D eigenvalue weighted by molar-refractivity contribution is 7.80. The second kappa shape index (κ2) is 10.8. The van der Waals surface area contributed by atoms with Crippen LogP contribution in [0.3, 0.4) is 0 Å². The second-order valence-corrected chi connectivity index (χ2v) is 9.89. The van der Waals surface area contributed by atoms with Gasteiger partial charge < -0.3 is 9.47 Å². The van der Waals surface area contributed by atoms with Crippen LogP contribution in [0.1, 0.15) is 47.8 Å². The molecule has 9 nitrogen and oxygen atoms in total. The molecular formula is C27H31N7O2S. The van der Waals surface area contributed by atoms with Gasteiger partial charge in [0.25, 0.3) is 5.91 Å². The molecule has 0 radical (unpaired) electrons. The van der Waals surface area contributed by atoms with Crippen molar-refractivity contribution in [3.63, 3.8) is 0 Å². The van der Waals surface area contributed by atoms with E-state index < -0.39 is 0 Å². The predicted octanol–water partition coefficient (Wildman–Crippen LogP) is 4.27. The largest absolute Gasteiger partial charge is 0.341 e. The number of fused-ring (bicyclic) bond motifs is 1. The Kier molecular flexibility index (Phi) is 7.27. The van der Waals surface area contributed by atoms with E-state index >= 15 is 0 Å². The average molecular weight is 518 g/mol. The first-order valence-corrected chi connectivity index (χ1v) is 13.2. The molecular weight excluding hydrogens is 486 g/mol. The average Bonchev–Trinajstić information content (AvgIpc) is 3.31. The summed E-state index contributed by atoms with van der Waals surface area (Å²) in [6, 6.07) is 11.3. The number of nitrogens with zero attached hydrogens (tertiary/aromatic N) is 6. The van der Waals surface area contributed by atoms with Gasteiger partial charge >= 0.3 is 0 Å². The third kappa shape index (κ3) is 5.24. The number of aromatic nitrogens is 5. The third-order valence-corrected chi connectivity index (χ3v) is 7.05. The van der Waals surface area contributed by atoms with Gasteiger partial charge in [0, 0.05) is 50.1 Å². The summed E-state index contributed by atoms with van der Waals surface area (Å²) in [6.07, 6.45) is 6.80. The number of pyridine rings is 1. The normalized spacial score (nSPS) is 16.1. The number of aryl methyl sites for hydroxylation is 2. The molecule has 1 aromatic carbocycles. The Morgan fingerprint density at radius 1 is 1.19 bits per heavy atom. The number of likely N-dealkylation sites (tertiary alicyclic amines) is 1. The monoisotopic (exact) mass is 517 g/mol. The second-order valence-electron chi connectivity index (χ2n) is 9.44. The smallest absolute Gasteiger partial charge is 0.258 e. The lowest BCUT2D eigenvalue weighted by molar-refractivity contribution is -0.131. The van der Waals surface area contributed by atoms with Crippen molar-refractivity contribution in [2.45, 2.75) is 38.6 Å². The summed E-state index contributed by atoms with van der Waals surface area (Å²) in [5, 5.41) is 7.44. The van der Waals surface area contributed by atoms with Crippen LogP contribution in [0.15, 0.2) is 48.8 Å². The molecule has 3 aromatic heterocycles. The van der Waals surface area contributed by atoms with E-state index in [-0.39, 0.29) is 17.9 Å². The molecule has 0 bridgehead atoms. The molecule has 4 aromatic rings. The molecule has 2 amide bonds. The molecule has 1 N–H and O–H groups in total. The van der Waals surface area contributed by atoms with Gasteiger partial charge in [0.2, 0.25) is 11.9 Å². The first kappa shape index (κ1) is 25.0. The first-order valence-electron chi connectivity index (χ1n) is 12.6. The number of nitrogens with one attached hydrogen (secondary N) is 1. The maximum atomic E-state index is 13.4. The third-order valence-electron chi connectivity index (χ3n) is 6.82. The van der Waals surface area contributed by atoms with E-state index in [4.69, 9.17) is 4.98 Å². The summed E-state index contributed by atoms with van der Waals surface area (Å²) in [6.45, 7) is 3.24. The maximum Gasteiger partial charge on any atom is 0.258 e. The lowest BCUT2D eigenvalue weighted by Gasteiger charge is -2.27. The number of hydrogen-bond donors (Lipinski definition) is 2. The van der Waals surface area contributed by atoms with Gasteiger partial charge in [-0.15, -0.1) is 0 Å². The number of imidazole rings is 1. The van der Waals surface area contributed by atoms with Gasteiger partial charge in [-0.3, -0.25) is 24.6 Å². The zero-order chi connectivity index (χ0) is 25.9. The topological polar surface area (TPSA) is 97.9 Å². The number of benzene rings is 1. The van der Waals surface area contributed by atoms with Gasteiger partial charge in [0.15, 0.2) is 0 Å². The van der Waals surface area contributed by atoms with Crippen LogP contribution < -0.4 is 5.32 Å². The van der Waals surface area contributed by atoms with Gasteiger partial charge in [-0.05, 0) is 56.2 Å². The van der Waals surface area contributed by atoms with Gasteiger partial charge in [-0.25, -0.2) is 4.98 Å². The Morgan fingerprint density at radius 3 is 2.81 bits per heavy atom. The molecule has 5 rings (SSSR count). The number of para-hydroxylation sites is 2. The van der Waals surface area contributed by atoms with E-state index in [1.54, 1.807) is 23.0 Å². The molecule has 37 heavy (non-hydrogen) atoms. The van der Waals surface area contributed by atoms with Crippen molar-refractivity contribution >= 4 is 41.4 Å². The minimum Gasteiger partial charge on any atom is -0.341 e. The zero-order valence-electron chi connectivity index (χ0n) is 21.1. The zero-order valence-corrected chi connectivity index (χ0v) is 22.0. The minimum absolute atomic E-state index is 0.000103. The molecule has 10 heteroatoms. The summed E-state index contributed by atoms with van der Waals surface area (Å²) >= 11 is 4.24. The van der Waals surface area contributed by atoms with Gasteiger partial charge in [0.05, 0.1) is 28.5 Å². The number of hydrogen-bond acceptors (Lipinski definition) is 6. The molecule has 1 atom stereocenters. The quantitative estimate of drug-likeness (QED) is 0.373. The molecule has 0 saturated carbocycles. The summed E-state index contributed by atoms with van der Waals surface area (Å²) < 4.78 is 3.82. The summed E-state index contributed by atoms with van der Waals surface area (Å²) in [7, 11) is 1.86. The van der Waals surface area contributed by atoms with Crippen molar-refractivity contribution in [3.8, 4) is 11.3 Å². The standard InChI is InChI=1S/C27H31N7O2S/c1-18-21(17-32(2)31-18)23-15-19(10-12-28-23)26(36)30-27-29-22-8-3-4-9-24(22)34(27)20-7-5-6-13-33(16-20)25(35)11-14-37/h3-4,8-10,12,15,17,20,37H,5-7,11,13-14,16H2,1-2H3,(H,29,30,36)/t20-/m1/s1. The highest BCUT2D eigenvalue weighted by Gasteiger charge is 2.27. The first-order chi connectivity index (χ1) is 17.9. The SMILES string of the molecule is Cc1nn(C)cc1-c1cc(C(=O)Nc2nc3ccccc3n2[C@@H]2CCCCN(C(=O)CCS)C2)ccn1. The number of amides is 2. The fourth-order valence-corrected chi connectivity index (χ4v) is 5.25. The molecule has 0 aliphatic carbocycles. The highest BCUT2D eigenvalue weighted by atomic mass is 32.1. The maximum absolute atomic E-state index is 13.4. The Balaban J connectivity index is 1.47. The molecule has 1 saturated heterocycles. The van der Waals surface area contributed by atoms with Crippen molar-refractivity contribution in [2.75, 3.05) is 24.2 Å². The van der Waals surface area contributed by atoms with E-state index in [0.717, 1.165) is 48.1 Å². The van der Waals surface area contributed by atoms with Crippen molar-refractivity contribution in [2.24, 2.45) is 7.05 Å². The van der Waals surface area contributed by atoms with E-state index in [9.17, 15) is 9.59 Å². The Bertz CT molecular complexity index is 1440. The Morgan fingerprint density at radius 2 is 2.03 bits per heavy atom. The molecule has 4 heterocycles. The van der Waals surface area contributed by atoms with Crippen molar-refractivity contribution in [1.29, 1.82) is 0 Å². The van der Waals surface area contributed by atoms with E-state index in [1.165, 1.54) is 0 Å². The molecule has 0 spiro atoms. The van der Waals surface area contributed by atoms with E-state index in [1.807, 2.05) is 49.3 Å². The van der Waals surface area contributed by atoms with E-state index in [0.29, 0.717) is 35.9 Å². The van der Waals surface area contributed by atoms with Crippen LogP contribution in [0.2, 0.25) is 0 Å². The lowest BCUT2D eigenvalue weighted by Crippen LogP contribution is -2.35. The highest BCUT2D eigenvalue weighted by Crippen LogP contribution is 2.31. The Labute approximate surface area is 221 Å². The predicted molar refractivity (Wildman–Crippen MR) is 147 cm³/mol. The van der Waals surface area contributed by atoms with Crippen LogP contribution in [0.5, 0.6) is 0 Å². The number of carbonyl (C=O) groups is 2. The van der Waals surface area contributed by atoms with Crippen molar-refractivity contribution in [1.82, 2.24) is 29.2 Å². The van der Waals surface area contributed by atoms with Crippen LogP contribution in [0.25, 0.3) is 22.3 Å². The Hall–Kier alpha value is -3.66. The van der Waals surface area contributed by atoms with Crippen LogP contribution in [0.4, 0.5) is 5.95 Å². The van der Waals surface area contributed by atoms with Crippen LogP contribution in [-0.2, 0) is 11.8 Å². The van der Waals surface area contributed by atoms with Gasteiger partial charge in [0.1, 0.15) is 0 Å². The number of carbonyl (C=O) groups excluding carboxylic acids is 2. The lowest BCUT2D eigenvalue weighted by atomic mass is 10.1. The van der Waals surface area contributed by atoms with Crippen LogP contribution in [0, 0.1) is 6.92 Å². The van der Waals surface area contributed by atoms with Crippen molar-refractivity contribution < 1.29 is 9.59 Å². The van der Waals surface area contributed by atoms with Crippen LogP contribution >= 0.6 is 12.6 Å². The van der Waals surface area contributed by atoms with Gasteiger partial charge in [-0.2, -0.15) is 17.7 Å². The van der Waals surface area contributed by atoms with Crippen molar-refractivity contribution in [3.05, 3.63) is 60.0 Å². The summed E-state index contributed by atoms with van der Waals surface area (Å²) in [4.78, 5) is 37.3. The molecule has 1 fully saturated rings. The van der Waals surface area contributed by atoms with Crippen LogP contribution in [-0.4, -0.2) is 59.9 Å². The molecule has 0 unspecified atom stereocenters. The number of anilines is 1. The fraction of sp³-hybridized carbons (Fsp3) is 0.370. The number of thiol groups is 1. The minimum atomic E-state index is -0.265. The number of rotatable bonds is 6. The fourth-order valence-electron chi connectivity index (χ4n) is 5.06.